The second kappa shape index (κ2) is 5.24. The number of likely N-dealkylation sites (tertiary alicyclic amines) is 1. The molecule has 0 unspecified atom stereocenters. The minimum Gasteiger partial charge on any atom is -0.394 e. The molecule has 0 spiro atoms. The Morgan fingerprint density at radius 1 is 1.65 bits per heavy atom. The highest BCUT2D eigenvalue weighted by atomic mass is 16.3. The first kappa shape index (κ1) is 12.0. The Kier molecular flexibility index (Phi) is 3.70. The molecule has 1 aromatic rings. The van der Waals surface area contributed by atoms with Gasteiger partial charge in [-0.3, -0.25) is 4.79 Å². The van der Waals surface area contributed by atoms with Gasteiger partial charge in [-0.2, -0.15) is 0 Å². The zero-order chi connectivity index (χ0) is 12.3. The molecule has 0 bridgehead atoms. The molecule has 1 amide bonds. The highest BCUT2D eigenvalue weighted by Crippen LogP contribution is 2.16. The molecule has 0 radical (unpaired) electrons. The topological polar surface area (TPSA) is 97.3 Å². The maximum absolute atomic E-state index is 12.0. The van der Waals surface area contributed by atoms with E-state index in [4.69, 9.17) is 10.8 Å². The third-order valence-electron chi connectivity index (χ3n) is 3.00. The van der Waals surface area contributed by atoms with Gasteiger partial charge in [-0.1, -0.05) is 5.21 Å². The van der Waals surface area contributed by atoms with Crippen LogP contribution in [0.5, 0.6) is 0 Å². The Balaban J connectivity index is 1.96. The normalized spacial score (nSPS) is 19.9. The van der Waals surface area contributed by atoms with Crippen LogP contribution in [0.2, 0.25) is 0 Å². The third kappa shape index (κ3) is 2.62. The smallest absolute Gasteiger partial charge is 0.244 e. The summed E-state index contributed by atoms with van der Waals surface area (Å²) in [5.74, 6) is -0.0324. The number of aliphatic hydroxyl groups is 1. The number of amides is 1. The highest BCUT2D eigenvalue weighted by molar-refractivity contribution is 5.76. The molecule has 0 saturated carbocycles. The summed E-state index contributed by atoms with van der Waals surface area (Å²) in [5.41, 5.74) is 6.08. The SMILES string of the molecule is NCc1cn(CC(=O)N2CCC[C@@H]2CO)nn1. The van der Waals surface area contributed by atoms with Crippen molar-refractivity contribution in [2.75, 3.05) is 13.2 Å². The summed E-state index contributed by atoms with van der Waals surface area (Å²) < 4.78 is 1.48. The molecular formula is C10H17N5O2. The van der Waals surface area contributed by atoms with Crippen molar-refractivity contribution in [3.05, 3.63) is 11.9 Å². The van der Waals surface area contributed by atoms with Crippen molar-refractivity contribution in [3.63, 3.8) is 0 Å². The number of nitrogens with two attached hydrogens (primary N) is 1. The van der Waals surface area contributed by atoms with Gasteiger partial charge in [0, 0.05) is 13.1 Å². The molecule has 2 rings (SSSR count). The Morgan fingerprint density at radius 3 is 3.12 bits per heavy atom. The number of hydrogen-bond donors (Lipinski definition) is 2. The van der Waals surface area contributed by atoms with Crippen LogP contribution in [0.1, 0.15) is 18.5 Å². The average Bonchev–Trinajstić information content (AvgIpc) is 2.96. The molecule has 1 fully saturated rings. The van der Waals surface area contributed by atoms with Gasteiger partial charge in [0.25, 0.3) is 0 Å². The lowest BCUT2D eigenvalue weighted by molar-refractivity contribution is -0.133. The highest BCUT2D eigenvalue weighted by Gasteiger charge is 2.28. The molecule has 1 aliphatic rings. The number of hydrogen-bond acceptors (Lipinski definition) is 5. The lowest BCUT2D eigenvalue weighted by atomic mass is 10.2. The van der Waals surface area contributed by atoms with Gasteiger partial charge in [-0.15, -0.1) is 5.10 Å². The van der Waals surface area contributed by atoms with E-state index in [-0.39, 0.29) is 25.1 Å². The van der Waals surface area contributed by atoms with Crippen LogP contribution >= 0.6 is 0 Å². The minimum atomic E-state index is -0.0417. The Hall–Kier alpha value is -1.47. The molecule has 0 aromatic carbocycles. The lowest BCUT2D eigenvalue weighted by Crippen LogP contribution is -2.39. The predicted molar refractivity (Wildman–Crippen MR) is 59.7 cm³/mol. The molecule has 2 heterocycles. The Labute approximate surface area is 99.2 Å². The third-order valence-corrected chi connectivity index (χ3v) is 3.00. The molecular weight excluding hydrogens is 222 g/mol. The van der Waals surface area contributed by atoms with E-state index in [1.807, 2.05) is 0 Å². The molecule has 17 heavy (non-hydrogen) atoms. The summed E-state index contributed by atoms with van der Waals surface area (Å²) in [7, 11) is 0. The van der Waals surface area contributed by atoms with E-state index >= 15 is 0 Å². The average molecular weight is 239 g/mol. The zero-order valence-electron chi connectivity index (χ0n) is 9.62. The molecule has 7 nitrogen and oxygen atoms in total. The van der Waals surface area contributed by atoms with Crippen molar-refractivity contribution in [3.8, 4) is 0 Å². The van der Waals surface area contributed by atoms with Gasteiger partial charge in [-0.05, 0) is 12.8 Å². The monoisotopic (exact) mass is 239 g/mol. The fraction of sp³-hybridized carbons (Fsp3) is 0.700. The van der Waals surface area contributed by atoms with E-state index in [2.05, 4.69) is 10.3 Å². The van der Waals surface area contributed by atoms with Crippen LogP contribution < -0.4 is 5.73 Å². The molecule has 94 valence electrons. The fourth-order valence-electron chi connectivity index (χ4n) is 2.09. The van der Waals surface area contributed by atoms with Gasteiger partial charge in [0.05, 0.1) is 24.5 Å². The van der Waals surface area contributed by atoms with Crippen molar-refractivity contribution in [1.82, 2.24) is 19.9 Å². The number of nitrogens with zero attached hydrogens (tertiary/aromatic N) is 4. The number of carbonyl (C=O) groups is 1. The van der Waals surface area contributed by atoms with Crippen molar-refractivity contribution in [2.24, 2.45) is 5.73 Å². The van der Waals surface area contributed by atoms with E-state index in [1.165, 1.54) is 4.68 Å². The van der Waals surface area contributed by atoms with E-state index in [9.17, 15) is 4.79 Å². The Bertz CT molecular complexity index is 392. The second-order valence-corrected chi connectivity index (χ2v) is 4.18. The van der Waals surface area contributed by atoms with Crippen LogP contribution in [-0.2, 0) is 17.9 Å². The standard InChI is InChI=1S/C10H17N5O2/c11-4-8-5-14(13-12-8)6-10(17)15-3-1-2-9(15)7-16/h5,9,16H,1-4,6-7,11H2/t9-/m1/s1. The lowest BCUT2D eigenvalue weighted by Gasteiger charge is -2.22. The van der Waals surface area contributed by atoms with E-state index in [1.54, 1.807) is 11.1 Å². The van der Waals surface area contributed by atoms with Crippen LogP contribution in [0.3, 0.4) is 0 Å². The van der Waals surface area contributed by atoms with Crippen LogP contribution in [0, 0.1) is 0 Å². The molecule has 0 aliphatic carbocycles. The number of rotatable bonds is 4. The van der Waals surface area contributed by atoms with E-state index in [0.717, 1.165) is 12.8 Å². The molecule has 3 N–H and O–H groups in total. The number of aromatic nitrogens is 3. The molecule has 1 aliphatic heterocycles. The second-order valence-electron chi connectivity index (χ2n) is 4.18. The van der Waals surface area contributed by atoms with Crippen LogP contribution in [0.4, 0.5) is 0 Å². The molecule has 1 aromatic heterocycles. The summed E-state index contributed by atoms with van der Waals surface area (Å²) >= 11 is 0. The summed E-state index contributed by atoms with van der Waals surface area (Å²) in [6.07, 6.45) is 3.48. The minimum absolute atomic E-state index is 0.0249. The van der Waals surface area contributed by atoms with Gasteiger partial charge in [0.2, 0.25) is 5.91 Å². The van der Waals surface area contributed by atoms with E-state index in [0.29, 0.717) is 18.8 Å². The van der Waals surface area contributed by atoms with Crippen LogP contribution in [0.15, 0.2) is 6.20 Å². The van der Waals surface area contributed by atoms with Gasteiger partial charge >= 0.3 is 0 Å². The van der Waals surface area contributed by atoms with Crippen molar-refractivity contribution in [1.29, 1.82) is 0 Å². The Morgan fingerprint density at radius 2 is 2.47 bits per heavy atom. The van der Waals surface area contributed by atoms with Gasteiger partial charge in [0.15, 0.2) is 0 Å². The maximum atomic E-state index is 12.0. The van der Waals surface area contributed by atoms with Gasteiger partial charge in [-0.25, -0.2) is 4.68 Å². The molecule has 1 atom stereocenters. The first-order valence-corrected chi connectivity index (χ1v) is 5.74. The summed E-state index contributed by atoms with van der Waals surface area (Å²) in [6.45, 7) is 1.21. The first-order valence-electron chi connectivity index (χ1n) is 5.74. The van der Waals surface area contributed by atoms with Crippen molar-refractivity contribution >= 4 is 5.91 Å². The number of carbonyl (C=O) groups excluding carboxylic acids is 1. The fourth-order valence-corrected chi connectivity index (χ4v) is 2.09. The van der Waals surface area contributed by atoms with Gasteiger partial charge in [0.1, 0.15) is 6.54 Å². The quantitative estimate of drug-likeness (QED) is 0.682. The van der Waals surface area contributed by atoms with Crippen LogP contribution in [0.25, 0.3) is 0 Å². The molecule has 1 saturated heterocycles. The van der Waals surface area contributed by atoms with E-state index < -0.39 is 0 Å². The number of aliphatic hydroxyl groups excluding tert-OH is 1. The zero-order valence-corrected chi connectivity index (χ0v) is 9.62. The first-order chi connectivity index (χ1) is 8.24. The summed E-state index contributed by atoms with van der Waals surface area (Å²) in [6, 6.07) is -0.0417. The van der Waals surface area contributed by atoms with Crippen molar-refractivity contribution < 1.29 is 9.90 Å². The van der Waals surface area contributed by atoms with Crippen molar-refractivity contribution in [2.45, 2.75) is 32.0 Å². The van der Waals surface area contributed by atoms with Gasteiger partial charge < -0.3 is 15.7 Å². The summed E-state index contributed by atoms with van der Waals surface area (Å²) in [5, 5.41) is 16.8. The largest absolute Gasteiger partial charge is 0.394 e. The molecule has 7 heteroatoms. The maximum Gasteiger partial charge on any atom is 0.244 e. The van der Waals surface area contributed by atoms with Crippen LogP contribution in [-0.4, -0.2) is 50.1 Å². The predicted octanol–water partition coefficient (Wildman–Crippen LogP) is -1.28. The summed E-state index contributed by atoms with van der Waals surface area (Å²) in [4.78, 5) is 13.7.